The van der Waals surface area contributed by atoms with Crippen molar-refractivity contribution in [1.29, 1.82) is 0 Å². The predicted octanol–water partition coefficient (Wildman–Crippen LogP) is 0.895. The van der Waals surface area contributed by atoms with Gasteiger partial charge in [-0.25, -0.2) is 4.79 Å². The van der Waals surface area contributed by atoms with Crippen LogP contribution in [0.3, 0.4) is 0 Å². The maximum absolute atomic E-state index is 12.2. The van der Waals surface area contributed by atoms with Crippen LogP contribution in [-0.4, -0.2) is 72.9 Å². The lowest BCUT2D eigenvalue weighted by atomic mass is 10.1. The molecule has 1 saturated heterocycles. The molecule has 8 heteroatoms. The summed E-state index contributed by atoms with van der Waals surface area (Å²) >= 11 is 1.38. The van der Waals surface area contributed by atoms with E-state index < -0.39 is 0 Å². The van der Waals surface area contributed by atoms with E-state index in [1.54, 1.807) is 24.3 Å². The van der Waals surface area contributed by atoms with Crippen LogP contribution in [0.1, 0.15) is 6.92 Å². The number of aliphatic imine (C=N–C) groups is 2. The molecule has 0 bridgehead atoms. The summed E-state index contributed by atoms with van der Waals surface area (Å²) in [6, 6.07) is 0. The third-order valence-electron chi connectivity index (χ3n) is 3.54. The van der Waals surface area contributed by atoms with Crippen LogP contribution < -0.4 is 0 Å². The van der Waals surface area contributed by atoms with Gasteiger partial charge in [0.15, 0.2) is 5.84 Å². The Bertz CT molecular complexity index is 598. The highest BCUT2D eigenvalue weighted by molar-refractivity contribution is 8.18. The Balaban J connectivity index is 2.37. The molecule has 0 radical (unpaired) electrons. The molecular weight excluding hydrogens is 316 g/mol. The average Bonchev–Trinajstić information content (AvgIpc) is 2.58. The smallest absolute Gasteiger partial charge is 0.337 e. The van der Waals surface area contributed by atoms with Crippen molar-refractivity contribution in [3.05, 3.63) is 23.3 Å². The summed E-state index contributed by atoms with van der Waals surface area (Å²) in [5.74, 6) is 0.334. The van der Waals surface area contributed by atoms with Gasteiger partial charge in [0.25, 0.3) is 0 Å². The van der Waals surface area contributed by atoms with Crippen molar-refractivity contribution in [2.24, 2.45) is 9.98 Å². The Hall–Kier alpha value is -2.09. The van der Waals surface area contributed by atoms with Crippen LogP contribution in [-0.2, 0) is 14.3 Å². The first-order chi connectivity index (χ1) is 11.2. The van der Waals surface area contributed by atoms with Crippen molar-refractivity contribution < 1.29 is 14.3 Å². The fraction of sp³-hybridized carbons (Fsp3) is 0.467. The first-order valence-electron chi connectivity index (χ1n) is 7.31. The predicted molar refractivity (Wildman–Crippen MR) is 91.5 cm³/mol. The van der Waals surface area contributed by atoms with Crippen molar-refractivity contribution in [3.8, 4) is 0 Å². The Morgan fingerprint density at radius 1 is 1.52 bits per heavy atom. The zero-order valence-electron chi connectivity index (χ0n) is 13.3. The molecule has 2 aliphatic rings. The van der Waals surface area contributed by atoms with Crippen LogP contribution in [0.15, 0.2) is 33.2 Å². The van der Waals surface area contributed by atoms with E-state index in [1.807, 2.05) is 4.90 Å². The lowest BCUT2D eigenvalue weighted by Crippen LogP contribution is -2.51. The normalized spacial score (nSPS) is 18.3. The number of carbonyl (C=O) groups excluding carboxylic acids is 2. The van der Waals surface area contributed by atoms with Gasteiger partial charge >= 0.3 is 5.97 Å². The number of thioether (sulfide) groups is 1. The first-order valence-corrected chi connectivity index (χ1v) is 8.19. The number of rotatable bonds is 5. The van der Waals surface area contributed by atoms with Gasteiger partial charge in [0.2, 0.25) is 6.41 Å². The Morgan fingerprint density at radius 2 is 2.30 bits per heavy atom. The van der Waals surface area contributed by atoms with Crippen molar-refractivity contribution in [3.63, 3.8) is 0 Å². The monoisotopic (exact) mass is 336 g/mol. The summed E-state index contributed by atoms with van der Waals surface area (Å²) in [6.07, 6.45) is 0.797. The van der Waals surface area contributed by atoms with Gasteiger partial charge in [-0.15, -0.1) is 0 Å². The highest BCUT2D eigenvalue weighted by atomic mass is 32.2. The molecule has 0 atom stereocenters. The Labute approximate surface area is 139 Å². The molecule has 2 aliphatic heterocycles. The van der Waals surface area contributed by atoms with E-state index in [4.69, 9.17) is 4.74 Å². The SMILES string of the molecule is C=CSC(=NC)C1=NCC(C(=O)OCC)=C2CN(C=O)CCN12. The standard InChI is InChI=1S/C15H20N4O3S/c1-4-22-15(21)11-8-17-13(14(16-3)23-5-2)19-7-6-18(10-20)9-12(11)19/h5,10H,2,4,6-9H2,1,3H3. The summed E-state index contributed by atoms with van der Waals surface area (Å²) < 4.78 is 5.12. The number of amidine groups is 1. The molecule has 2 heterocycles. The molecule has 0 aromatic carbocycles. The number of fused-ring (bicyclic) bond motifs is 1. The fourth-order valence-corrected chi connectivity index (χ4v) is 3.04. The van der Waals surface area contributed by atoms with Crippen LogP contribution in [0, 0.1) is 0 Å². The summed E-state index contributed by atoms with van der Waals surface area (Å²) in [4.78, 5) is 35.7. The van der Waals surface area contributed by atoms with E-state index in [0.29, 0.717) is 37.6 Å². The highest BCUT2D eigenvalue weighted by Crippen LogP contribution is 2.25. The van der Waals surface area contributed by atoms with Gasteiger partial charge in [0, 0.05) is 20.1 Å². The van der Waals surface area contributed by atoms with E-state index in [-0.39, 0.29) is 12.5 Å². The van der Waals surface area contributed by atoms with Crippen molar-refractivity contribution in [1.82, 2.24) is 9.80 Å². The molecule has 0 saturated carbocycles. The number of carbonyl (C=O) groups is 2. The second kappa shape index (κ2) is 7.96. The average molecular weight is 336 g/mol. The van der Waals surface area contributed by atoms with Gasteiger partial charge in [-0.2, -0.15) is 0 Å². The summed E-state index contributed by atoms with van der Waals surface area (Å²) in [5.41, 5.74) is 1.26. The maximum Gasteiger partial charge on any atom is 0.337 e. The Kier molecular flexibility index (Phi) is 5.97. The number of hydrogen-bond donors (Lipinski definition) is 0. The number of ether oxygens (including phenoxy) is 1. The lowest BCUT2D eigenvalue weighted by Gasteiger charge is -2.40. The second-order valence-corrected chi connectivity index (χ2v) is 5.78. The van der Waals surface area contributed by atoms with Gasteiger partial charge in [0.1, 0.15) is 5.04 Å². The molecule has 0 N–H and O–H groups in total. The van der Waals surface area contributed by atoms with Crippen LogP contribution in [0.25, 0.3) is 0 Å². The van der Waals surface area contributed by atoms with Crippen LogP contribution in [0.5, 0.6) is 0 Å². The minimum atomic E-state index is -0.380. The fourth-order valence-electron chi connectivity index (χ4n) is 2.50. The van der Waals surface area contributed by atoms with Crippen molar-refractivity contribution in [2.75, 3.05) is 39.8 Å². The second-order valence-electron chi connectivity index (χ2n) is 4.83. The molecule has 23 heavy (non-hydrogen) atoms. The number of hydrogen-bond acceptors (Lipinski definition) is 7. The van der Waals surface area contributed by atoms with E-state index in [1.165, 1.54) is 11.8 Å². The van der Waals surface area contributed by atoms with Crippen LogP contribution >= 0.6 is 11.8 Å². The molecule has 0 aromatic heterocycles. The van der Waals surface area contributed by atoms with Gasteiger partial charge in [-0.05, 0) is 12.3 Å². The summed E-state index contributed by atoms with van der Waals surface area (Å²) in [6.45, 7) is 7.50. The molecule has 124 valence electrons. The van der Waals surface area contributed by atoms with Gasteiger partial charge in [-0.3, -0.25) is 14.8 Å². The third-order valence-corrected chi connectivity index (χ3v) is 4.30. The highest BCUT2D eigenvalue weighted by Gasteiger charge is 2.34. The zero-order chi connectivity index (χ0) is 16.8. The summed E-state index contributed by atoms with van der Waals surface area (Å²) in [5, 5.41) is 2.43. The van der Waals surface area contributed by atoms with Gasteiger partial charge < -0.3 is 14.5 Å². The summed E-state index contributed by atoms with van der Waals surface area (Å²) in [7, 11) is 1.69. The van der Waals surface area contributed by atoms with Crippen molar-refractivity contribution in [2.45, 2.75) is 6.92 Å². The molecular formula is C15H20N4O3S. The molecule has 1 amide bonds. The Morgan fingerprint density at radius 3 is 2.91 bits per heavy atom. The van der Waals surface area contributed by atoms with E-state index in [2.05, 4.69) is 16.6 Å². The molecule has 2 rings (SSSR count). The van der Waals surface area contributed by atoms with E-state index in [9.17, 15) is 9.59 Å². The molecule has 7 nitrogen and oxygen atoms in total. The zero-order valence-corrected chi connectivity index (χ0v) is 14.1. The van der Waals surface area contributed by atoms with Gasteiger partial charge in [-0.1, -0.05) is 18.3 Å². The number of esters is 1. The molecule has 0 aromatic rings. The first kappa shape index (κ1) is 17.3. The van der Waals surface area contributed by atoms with E-state index in [0.717, 1.165) is 17.2 Å². The number of amides is 1. The molecule has 0 aliphatic carbocycles. The van der Waals surface area contributed by atoms with Crippen LogP contribution in [0.4, 0.5) is 0 Å². The maximum atomic E-state index is 12.2. The van der Waals surface area contributed by atoms with E-state index >= 15 is 0 Å². The molecule has 0 unspecified atom stereocenters. The number of nitrogens with zero attached hydrogens (tertiary/aromatic N) is 4. The number of piperazine rings is 1. The minimum absolute atomic E-state index is 0.226. The topological polar surface area (TPSA) is 74.6 Å². The van der Waals surface area contributed by atoms with Crippen molar-refractivity contribution >= 4 is 35.0 Å². The lowest BCUT2D eigenvalue weighted by molar-refractivity contribution is -0.138. The minimum Gasteiger partial charge on any atom is -0.463 e. The largest absolute Gasteiger partial charge is 0.463 e. The third kappa shape index (κ3) is 3.64. The molecule has 1 fully saturated rings. The molecule has 0 spiro atoms. The van der Waals surface area contributed by atoms with Crippen LogP contribution in [0.2, 0.25) is 0 Å². The van der Waals surface area contributed by atoms with Gasteiger partial charge in [0.05, 0.1) is 31.0 Å². The quantitative estimate of drug-likeness (QED) is 0.323.